The number of aryl methyl sites for hydroxylation is 1. The van der Waals surface area contributed by atoms with E-state index in [0.717, 1.165) is 20.6 Å². The van der Waals surface area contributed by atoms with Gasteiger partial charge in [-0.3, -0.25) is 4.79 Å². The lowest BCUT2D eigenvalue weighted by Crippen LogP contribution is -2.24. The van der Waals surface area contributed by atoms with Crippen molar-refractivity contribution in [3.05, 3.63) is 76.5 Å². The summed E-state index contributed by atoms with van der Waals surface area (Å²) in [4.78, 5) is 13.2. The first-order chi connectivity index (χ1) is 12.1. The zero-order valence-corrected chi connectivity index (χ0v) is 16.2. The summed E-state index contributed by atoms with van der Waals surface area (Å²) in [6.07, 6.45) is 3.65. The van der Waals surface area contributed by atoms with E-state index < -0.39 is 0 Å². The molecule has 0 saturated heterocycles. The van der Waals surface area contributed by atoms with Gasteiger partial charge in [-0.25, -0.2) is 4.68 Å². The largest absolute Gasteiger partial charge is 0.351 e. The van der Waals surface area contributed by atoms with Gasteiger partial charge in [0.1, 0.15) is 0 Å². The van der Waals surface area contributed by atoms with E-state index in [-0.39, 0.29) is 5.91 Å². The van der Waals surface area contributed by atoms with Crippen LogP contribution in [0, 0.1) is 6.92 Å². The second-order valence-electron chi connectivity index (χ2n) is 5.59. The number of rotatable bonds is 6. The Balaban J connectivity index is 1.49. The highest BCUT2D eigenvalue weighted by Crippen LogP contribution is 2.25. The van der Waals surface area contributed by atoms with Crippen LogP contribution < -0.4 is 5.32 Å². The number of amides is 1. The third-order valence-corrected chi connectivity index (χ3v) is 5.36. The number of nitrogens with one attached hydrogen (secondary N) is 1. The van der Waals surface area contributed by atoms with Crippen molar-refractivity contribution in [3.63, 3.8) is 0 Å². The highest BCUT2D eigenvalue weighted by Gasteiger charge is 2.06. The Morgan fingerprint density at radius 1 is 1.24 bits per heavy atom. The highest BCUT2D eigenvalue weighted by molar-refractivity contribution is 9.10. The van der Waals surface area contributed by atoms with Crippen molar-refractivity contribution < 1.29 is 4.79 Å². The number of aromatic nitrogens is 2. The quantitative estimate of drug-likeness (QED) is 0.608. The lowest BCUT2D eigenvalue weighted by atomic mass is 10.2. The molecule has 0 spiro atoms. The fourth-order valence-corrected chi connectivity index (χ4v) is 3.67. The van der Waals surface area contributed by atoms with Crippen LogP contribution in [0.15, 0.2) is 70.3 Å². The molecule has 0 radical (unpaired) electrons. The normalized spacial score (nSPS) is 10.6. The second-order valence-corrected chi connectivity index (χ2v) is 7.53. The maximum absolute atomic E-state index is 12.1. The molecule has 25 heavy (non-hydrogen) atoms. The van der Waals surface area contributed by atoms with Crippen LogP contribution in [0.5, 0.6) is 0 Å². The fourth-order valence-electron chi connectivity index (χ4n) is 2.36. The summed E-state index contributed by atoms with van der Waals surface area (Å²) in [5.74, 6) is 0.442. The molecule has 3 rings (SSSR count). The van der Waals surface area contributed by atoms with Crippen molar-refractivity contribution >= 4 is 33.6 Å². The number of hydrogen-bond acceptors (Lipinski definition) is 3. The molecule has 0 aliphatic carbocycles. The number of benzene rings is 2. The minimum Gasteiger partial charge on any atom is -0.351 e. The van der Waals surface area contributed by atoms with Crippen LogP contribution >= 0.6 is 27.7 Å². The van der Waals surface area contributed by atoms with Gasteiger partial charge in [-0.15, -0.1) is 11.8 Å². The minimum atomic E-state index is 0.0310. The first kappa shape index (κ1) is 17.8. The number of hydrogen-bond donors (Lipinski definition) is 1. The molecule has 0 atom stereocenters. The van der Waals surface area contributed by atoms with Crippen molar-refractivity contribution in [1.29, 1.82) is 0 Å². The predicted octanol–water partition coefficient (Wildman–Crippen LogP) is 4.35. The molecular formula is C19H18BrN3OS. The zero-order chi connectivity index (χ0) is 17.6. The molecule has 0 bridgehead atoms. The zero-order valence-electron chi connectivity index (χ0n) is 13.8. The molecule has 6 heteroatoms. The van der Waals surface area contributed by atoms with Crippen LogP contribution in [0.1, 0.15) is 11.1 Å². The molecule has 0 aliphatic rings. The monoisotopic (exact) mass is 415 g/mol. The van der Waals surface area contributed by atoms with Gasteiger partial charge >= 0.3 is 0 Å². The van der Waals surface area contributed by atoms with Gasteiger partial charge in [-0.1, -0.05) is 28.1 Å². The topological polar surface area (TPSA) is 46.9 Å². The van der Waals surface area contributed by atoms with Gasteiger partial charge in [-0.05, 0) is 54.4 Å². The summed E-state index contributed by atoms with van der Waals surface area (Å²) in [5.41, 5.74) is 3.23. The fraction of sp³-hybridized carbons (Fsp3) is 0.158. The van der Waals surface area contributed by atoms with Crippen molar-refractivity contribution in [1.82, 2.24) is 15.1 Å². The summed E-state index contributed by atoms with van der Waals surface area (Å²) < 4.78 is 2.86. The van der Waals surface area contributed by atoms with Crippen LogP contribution in [0.4, 0.5) is 0 Å². The number of nitrogens with zero attached hydrogens (tertiary/aromatic N) is 2. The van der Waals surface area contributed by atoms with Gasteiger partial charge in [-0.2, -0.15) is 5.10 Å². The van der Waals surface area contributed by atoms with E-state index in [0.29, 0.717) is 12.3 Å². The Morgan fingerprint density at radius 2 is 2.04 bits per heavy atom. The molecule has 1 amide bonds. The van der Waals surface area contributed by atoms with Gasteiger partial charge in [0.05, 0.1) is 11.4 Å². The third kappa shape index (κ3) is 4.96. The second kappa shape index (κ2) is 8.36. The molecule has 0 unspecified atom stereocenters. The molecule has 0 saturated carbocycles. The summed E-state index contributed by atoms with van der Waals surface area (Å²) in [7, 11) is 0. The molecule has 0 aliphatic heterocycles. The van der Waals surface area contributed by atoms with Gasteiger partial charge in [0.25, 0.3) is 0 Å². The number of thioether (sulfide) groups is 1. The molecule has 1 aromatic heterocycles. The van der Waals surface area contributed by atoms with Gasteiger partial charge in [0.2, 0.25) is 5.91 Å². The molecular weight excluding hydrogens is 398 g/mol. The van der Waals surface area contributed by atoms with Gasteiger partial charge in [0.15, 0.2) is 0 Å². The van der Waals surface area contributed by atoms with E-state index in [1.807, 2.05) is 55.6 Å². The van der Waals surface area contributed by atoms with Crippen molar-refractivity contribution in [2.24, 2.45) is 0 Å². The van der Waals surface area contributed by atoms with Gasteiger partial charge in [0, 0.05) is 28.3 Å². The Labute approximate surface area is 159 Å². The number of halogens is 1. The molecule has 0 fully saturated rings. The van der Waals surface area contributed by atoms with Crippen LogP contribution in [-0.4, -0.2) is 21.4 Å². The van der Waals surface area contributed by atoms with Crippen LogP contribution in [0.25, 0.3) is 5.69 Å². The van der Waals surface area contributed by atoms with Crippen molar-refractivity contribution in [2.45, 2.75) is 18.4 Å². The third-order valence-electron chi connectivity index (χ3n) is 3.69. The average molecular weight is 416 g/mol. The Hall–Kier alpha value is -2.05. The SMILES string of the molecule is Cc1cc(Br)ccc1SCC(=O)NCc1ccc(-n2cccn2)cc1. The first-order valence-electron chi connectivity index (χ1n) is 7.86. The van der Waals surface area contributed by atoms with E-state index >= 15 is 0 Å². The average Bonchev–Trinajstić information content (AvgIpc) is 3.14. The Bertz CT molecular complexity index is 848. The summed E-state index contributed by atoms with van der Waals surface area (Å²) in [6.45, 7) is 2.57. The molecule has 4 nitrogen and oxygen atoms in total. The predicted molar refractivity (Wildman–Crippen MR) is 105 cm³/mol. The highest BCUT2D eigenvalue weighted by atomic mass is 79.9. The number of carbonyl (C=O) groups is 1. The Kier molecular flexibility index (Phi) is 5.94. The number of carbonyl (C=O) groups excluding carboxylic acids is 1. The first-order valence-corrected chi connectivity index (χ1v) is 9.64. The van der Waals surface area contributed by atoms with Crippen LogP contribution in [0.2, 0.25) is 0 Å². The van der Waals surface area contributed by atoms with Crippen molar-refractivity contribution in [3.8, 4) is 5.69 Å². The van der Waals surface area contributed by atoms with E-state index in [9.17, 15) is 4.79 Å². The van der Waals surface area contributed by atoms with Crippen molar-refractivity contribution in [2.75, 3.05) is 5.75 Å². The molecule has 3 aromatic rings. The maximum atomic E-state index is 12.1. The van der Waals surface area contributed by atoms with E-state index in [2.05, 4.69) is 32.4 Å². The van der Waals surface area contributed by atoms with Crippen LogP contribution in [-0.2, 0) is 11.3 Å². The summed E-state index contributed by atoms with van der Waals surface area (Å²) in [5, 5.41) is 7.16. The molecule has 128 valence electrons. The lowest BCUT2D eigenvalue weighted by molar-refractivity contribution is -0.118. The van der Waals surface area contributed by atoms with E-state index in [1.54, 1.807) is 22.6 Å². The standard InChI is InChI=1S/C19H18BrN3OS/c1-14-11-16(20)5-8-18(14)25-13-19(24)21-12-15-3-6-17(7-4-15)23-10-2-9-22-23/h2-11H,12-13H2,1H3,(H,21,24). The van der Waals surface area contributed by atoms with E-state index in [1.165, 1.54) is 5.56 Å². The smallest absolute Gasteiger partial charge is 0.230 e. The summed E-state index contributed by atoms with van der Waals surface area (Å²) >= 11 is 5.01. The minimum absolute atomic E-state index is 0.0310. The lowest BCUT2D eigenvalue weighted by Gasteiger charge is -2.08. The molecule has 2 aromatic carbocycles. The van der Waals surface area contributed by atoms with E-state index in [4.69, 9.17) is 0 Å². The Morgan fingerprint density at radius 3 is 2.72 bits per heavy atom. The van der Waals surface area contributed by atoms with Gasteiger partial charge < -0.3 is 5.32 Å². The molecule has 1 N–H and O–H groups in total. The maximum Gasteiger partial charge on any atom is 0.230 e. The van der Waals surface area contributed by atoms with Crippen LogP contribution in [0.3, 0.4) is 0 Å². The summed E-state index contributed by atoms with van der Waals surface area (Å²) in [6, 6.07) is 16.0. The molecule has 1 heterocycles.